The maximum atomic E-state index is 6.32. The lowest BCUT2D eigenvalue weighted by molar-refractivity contribution is 0.550. The molecule has 0 fully saturated rings. The Hall–Kier alpha value is -0.290. The van der Waals surface area contributed by atoms with Gasteiger partial charge < -0.3 is 5.32 Å². The first-order chi connectivity index (χ1) is 9.60. The van der Waals surface area contributed by atoms with Crippen LogP contribution in [0.2, 0.25) is 10.0 Å². The second-order valence-electron chi connectivity index (χ2n) is 4.61. The molecule has 0 saturated carbocycles. The van der Waals surface area contributed by atoms with E-state index in [1.807, 2.05) is 18.2 Å². The molecule has 106 valence electrons. The van der Waals surface area contributed by atoms with Gasteiger partial charge in [0.15, 0.2) is 0 Å². The van der Waals surface area contributed by atoms with Crippen molar-refractivity contribution in [2.75, 3.05) is 6.54 Å². The van der Waals surface area contributed by atoms with Gasteiger partial charge in [0, 0.05) is 19.7 Å². The van der Waals surface area contributed by atoms with Gasteiger partial charge in [-0.3, -0.25) is 0 Å². The summed E-state index contributed by atoms with van der Waals surface area (Å²) in [6.07, 6.45) is 0.894. The molecule has 2 aromatic rings. The van der Waals surface area contributed by atoms with E-state index in [0.29, 0.717) is 0 Å². The number of benzene rings is 2. The van der Waals surface area contributed by atoms with E-state index in [1.165, 1.54) is 9.13 Å². The molecule has 1 nitrogen and oxygen atoms in total. The zero-order chi connectivity index (χ0) is 14.5. The zero-order valence-corrected chi connectivity index (χ0v) is 14.8. The van der Waals surface area contributed by atoms with Crippen molar-refractivity contribution < 1.29 is 0 Å². The molecule has 0 heterocycles. The lowest BCUT2D eigenvalue weighted by Crippen LogP contribution is -2.23. The third kappa shape index (κ3) is 4.35. The minimum Gasteiger partial charge on any atom is -0.310 e. The van der Waals surface area contributed by atoms with Gasteiger partial charge in [-0.05, 0) is 77.0 Å². The van der Waals surface area contributed by atoms with Gasteiger partial charge >= 0.3 is 0 Å². The van der Waals surface area contributed by atoms with E-state index >= 15 is 0 Å². The topological polar surface area (TPSA) is 12.0 Å². The average molecular weight is 420 g/mol. The number of nitrogens with one attached hydrogen (secondary N) is 1. The number of likely N-dealkylation sites (N-methyl/N-ethyl adjacent to an activating group) is 1. The molecule has 2 aromatic carbocycles. The summed E-state index contributed by atoms with van der Waals surface area (Å²) in [5.74, 6) is 0. The molecule has 0 saturated heterocycles. The Morgan fingerprint density at radius 2 is 1.80 bits per heavy atom. The molecule has 0 aliphatic rings. The minimum atomic E-state index is 0.172. The number of rotatable bonds is 5. The fourth-order valence-corrected chi connectivity index (χ4v) is 2.97. The molecule has 0 amide bonds. The fraction of sp³-hybridized carbons (Fsp3) is 0.250. The van der Waals surface area contributed by atoms with Crippen molar-refractivity contribution >= 4 is 45.8 Å². The van der Waals surface area contributed by atoms with E-state index in [4.69, 9.17) is 23.2 Å². The Balaban J connectivity index is 2.26. The second kappa shape index (κ2) is 7.64. The number of hydrogen-bond donors (Lipinski definition) is 1. The summed E-state index contributed by atoms with van der Waals surface area (Å²) in [5.41, 5.74) is 2.34. The standard InChI is InChI=1S/C16H16Cl2IN/c1-2-20-16(9-11-3-6-13(19)7-4-11)14-10-12(17)5-8-15(14)18/h3-8,10,16,20H,2,9H2,1H3. The molecule has 4 heteroatoms. The molecule has 0 aliphatic heterocycles. The Morgan fingerprint density at radius 3 is 2.45 bits per heavy atom. The zero-order valence-electron chi connectivity index (χ0n) is 11.2. The van der Waals surface area contributed by atoms with Gasteiger partial charge in [-0.15, -0.1) is 0 Å². The highest BCUT2D eigenvalue weighted by molar-refractivity contribution is 14.1. The summed E-state index contributed by atoms with van der Waals surface area (Å²) in [6, 6.07) is 14.4. The summed E-state index contributed by atoms with van der Waals surface area (Å²) in [5, 5.41) is 4.96. The average Bonchev–Trinajstić information content (AvgIpc) is 2.43. The Kier molecular flexibility index (Phi) is 6.15. The maximum Gasteiger partial charge on any atom is 0.0454 e. The monoisotopic (exact) mass is 419 g/mol. The van der Waals surface area contributed by atoms with Crippen LogP contribution in [0, 0.1) is 3.57 Å². The van der Waals surface area contributed by atoms with Gasteiger partial charge in [0.05, 0.1) is 0 Å². The van der Waals surface area contributed by atoms with E-state index in [2.05, 4.69) is 59.1 Å². The minimum absolute atomic E-state index is 0.172. The molecule has 0 aromatic heterocycles. The van der Waals surface area contributed by atoms with Gasteiger partial charge in [0.1, 0.15) is 0 Å². The van der Waals surface area contributed by atoms with Crippen LogP contribution in [-0.2, 0) is 6.42 Å². The van der Waals surface area contributed by atoms with Crippen molar-refractivity contribution in [1.82, 2.24) is 5.32 Å². The van der Waals surface area contributed by atoms with Crippen molar-refractivity contribution in [2.24, 2.45) is 0 Å². The van der Waals surface area contributed by atoms with Gasteiger partial charge in [-0.1, -0.05) is 42.3 Å². The first kappa shape index (κ1) is 16.1. The van der Waals surface area contributed by atoms with Crippen LogP contribution in [0.1, 0.15) is 24.1 Å². The van der Waals surface area contributed by atoms with E-state index in [1.54, 1.807) is 0 Å². The predicted molar refractivity (Wildman–Crippen MR) is 95.7 cm³/mol. The molecule has 2 rings (SSSR count). The van der Waals surface area contributed by atoms with Gasteiger partial charge in [0.2, 0.25) is 0 Å². The largest absolute Gasteiger partial charge is 0.310 e. The molecule has 20 heavy (non-hydrogen) atoms. The molecular weight excluding hydrogens is 404 g/mol. The third-order valence-corrected chi connectivity index (χ3v) is 4.44. The van der Waals surface area contributed by atoms with Crippen molar-refractivity contribution in [3.63, 3.8) is 0 Å². The van der Waals surface area contributed by atoms with Gasteiger partial charge in [-0.25, -0.2) is 0 Å². The van der Waals surface area contributed by atoms with Crippen molar-refractivity contribution in [2.45, 2.75) is 19.4 Å². The van der Waals surface area contributed by atoms with E-state index in [-0.39, 0.29) is 6.04 Å². The highest BCUT2D eigenvalue weighted by atomic mass is 127. The van der Waals surface area contributed by atoms with Crippen LogP contribution in [0.15, 0.2) is 42.5 Å². The summed E-state index contributed by atoms with van der Waals surface area (Å²) >= 11 is 14.7. The Bertz CT molecular complexity index is 569. The lowest BCUT2D eigenvalue weighted by Gasteiger charge is -2.20. The molecule has 1 unspecified atom stereocenters. The van der Waals surface area contributed by atoms with Crippen LogP contribution in [-0.4, -0.2) is 6.54 Å². The van der Waals surface area contributed by atoms with Crippen molar-refractivity contribution in [1.29, 1.82) is 0 Å². The predicted octanol–water partition coefficient (Wildman–Crippen LogP) is 5.49. The van der Waals surface area contributed by atoms with Gasteiger partial charge in [0.25, 0.3) is 0 Å². The molecule has 1 N–H and O–H groups in total. The number of halogens is 3. The summed E-state index contributed by atoms with van der Waals surface area (Å²) < 4.78 is 1.24. The summed E-state index contributed by atoms with van der Waals surface area (Å²) in [6.45, 7) is 2.98. The van der Waals surface area contributed by atoms with Crippen LogP contribution >= 0.6 is 45.8 Å². The summed E-state index contributed by atoms with van der Waals surface area (Å²) in [4.78, 5) is 0. The van der Waals surface area contributed by atoms with Crippen LogP contribution < -0.4 is 5.32 Å². The summed E-state index contributed by atoms with van der Waals surface area (Å²) in [7, 11) is 0. The normalized spacial score (nSPS) is 12.4. The molecule has 0 bridgehead atoms. The molecule has 1 atom stereocenters. The smallest absolute Gasteiger partial charge is 0.0454 e. The van der Waals surface area contributed by atoms with Gasteiger partial charge in [-0.2, -0.15) is 0 Å². The SMILES string of the molecule is CCNC(Cc1ccc(I)cc1)c1cc(Cl)ccc1Cl. The Morgan fingerprint density at radius 1 is 1.10 bits per heavy atom. The molecule has 0 spiro atoms. The number of hydrogen-bond acceptors (Lipinski definition) is 1. The van der Waals surface area contributed by atoms with Crippen molar-refractivity contribution in [3.05, 3.63) is 67.2 Å². The fourth-order valence-electron chi connectivity index (χ4n) is 2.18. The molecular formula is C16H16Cl2IN. The third-order valence-electron chi connectivity index (χ3n) is 3.14. The van der Waals surface area contributed by atoms with Crippen LogP contribution in [0.4, 0.5) is 0 Å². The van der Waals surface area contributed by atoms with E-state index in [0.717, 1.165) is 28.6 Å². The quantitative estimate of drug-likeness (QED) is 0.631. The van der Waals surface area contributed by atoms with E-state index in [9.17, 15) is 0 Å². The van der Waals surface area contributed by atoms with E-state index < -0.39 is 0 Å². The second-order valence-corrected chi connectivity index (χ2v) is 6.70. The Labute approximate surface area is 143 Å². The van der Waals surface area contributed by atoms with Crippen molar-refractivity contribution in [3.8, 4) is 0 Å². The lowest BCUT2D eigenvalue weighted by atomic mass is 9.99. The first-order valence-corrected chi connectivity index (χ1v) is 8.36. The first-order valence-electron chi connectivity index (χ1n) is 6.53. The molecule has 0 radical (unpaired) electrons. The van der Waals surface area contributed by atoms with Crippen LogP contribution in [0.25, 0.3) is 0 Å². The van der Waals surface area contributed by atoms with Crippen LogP contribution in [0.3, 0.4) is 0 Å². The molecule has 0 aliphatic carbocycles. The highest BCUT2D eigenvalue weighted by Crippen LogP contribution is 2.28. The van der Waals surface area contributed by atoms with Crippen LogP contribution in [0.5, 0.6) is 0 Å². The highest BCUT2D eigenvalue weighted by Gasteiger charge is 2.15. The maximum absolute atomic E-state index is 6.32.